The maximum absolute atomic E-state index is 13.6. The Morgan fingerprint density at radius 1 is 1.05 bits per heavy atom. The molecule has 0 aliphatic heterocycles. The molecule has 3 aromatic rings. The van der Waals surface area contributed by atoms with Crippen LogP contribution in [-0.2, 0) is 13.1 Å². The summed E-state index contributed by atoms with van der Waals surface area (Å²) in [7, 11) is 2.14. The highest BCUT2D eigenvalue weighted by Crippen LogP contribution is 2.35. The van der Waals surface area contributed by atoms with E-state index in [9.17, 15) is 14.7 Å². The van der Waals surface area contributed by atoms with Crippen molar-refractivity contribution in [2.45, 2.75) is 72.5 Å². The molecule has 0 spiro atoms. The molecule has 40 heavy (non-hydrogen) atoms. The molecule has 7 heteroatoms. The number of aliphatic hydroxyl groups is 1. The van der Waals surface area contributed by atoms with Crippen LogP contribution in [-0.4, -0.2) is 53.7 Å². The van der Waals surface area contributed by atoms with Crippen LogP contribution in [0.3, 0.4) is 0 Å². The predicted octanol–water partition coefficient (Wildman–Crippen LogP) is 5.09. The number of pyridine rings is 1. The number of rotatable bonds is 11. The zero-order chi connectivity index (χ0) is 28.8. The molecule has 4 rings (SSSR count). The Bertz CT molecular complexity index is 1370. The Morgan fingerprint density at radius 3 is 2.38 bits per heavy atom. The minimum absolute atomic E-state index is 0.148. The van der Waals surface area contributed by atoms with E-state index in [2.05, 4.69) is 64.4 Å². The number of amides is 1. The van der Waals surface area contributed by atoms with Gasteiger partial charge in [0.25, 0.3) is 11.5 Å². The van der Waals surface area contributed by atoms with Gasteiger partial charge in [-0.2, -0.15) is 0 Å². The molecule has 2 aromatic carbocycles. The second-order valence-electron chi connectivity index (χ2n) is 11.1. The summed E-state index contributed by atoms with van der Waals surface area (Å²) in [6.07, 6.45) is 4.79. The molecule has 0 radical (unpaired) electrons. The monoisotopic (exact) mass is 544 g/mol. The van der Waals surface area contributed by atoms with Crippen molar-refractivity contribution in [3.63, 3.8) is 0 Å². The SMILES string of the molecule is CCN(CCO)Cc1ccc(-c2cc(C(=O)NCc3c(C)cc(C)[nH]c3=O)c(C)c(N(C)C3CCCC3)c2)cc1. The Morgan fingerprint density at radius 2 is 1.75 bits per heavy atom. The molecular formula is C33H44N4O3. The van der Waals surface area contributed by atoms with Gasteiger partial charge in [-0.05, 0) is 86.2 Å². The summed E-state index contributed by atoms with van der Waals surface area (Å²) in [6.45, 7) is 10.5. The molecule has 1 saturated carbocycles. The summed E-state index contributed by atoms with van der Waals surface area (Å²) in [5, 5.41) is 12.3. The van der Waals surface area contributed by atoms with Crippen LogP contribution in [0.4, 0.5) is 5.69 Å². The molecule has 0 unspecified atom stereocenters. The highest BCUT2D eigenvalue weighted by atomic mass is 16.3. The lowest BCUT2D eigenvalue weighted by Crippen LogP contribution is -2.31. The number of hydrogen-bond acceptors (Lipinski definition) is 5. The fourth-order valence-electron chi connectivity index (χ4n) is 5.87. The molecule has 0 saturated heterocycles. The largest absolute Gasteiger partial charge is 0.395 e. The van der Waals surface area contributed by atoms with Gasteiger partial charge in [-0.15, -0.1) is 0 Å². The summed E-state index contributed by atoms with van der Waals surface area (Å²) in [6, 6.07) is 15.1. The van der Waals surface area contributed by atoms with Gasteiger partial charge in [-0.25, -0.2) is 0 Å². The first-order valence-corrected chi connectivity index (χ1v) is 14.5. The lowest BCUT2D eigenvalue weighted by atomic mass is 9.95. The van der Waals surface area contributed by atoms with Crippen LogP contribution < -0.4 is 15.8 Å². The van der Waals surface area contributed by atoms with E-state index in [4.69, 9.17) is 0 Å². The Labute approximate surface area is 238 Å². The molecule has 1 aliphatic rings. The number of anilines is 1. The van der Waals surface area contributed by atoms with E-state index in [0.29, 0.717) is 23.7 Å². The number of carbonyl (C=O) groups is 1. The molecular weight excluding hydrogens is 500 g/mol. The normalized spacial score (nSPS) is 13.7. The molecule has 0 atom stereocenters. The molecule has 1 amide bonds. The first-order valence-electron chi connectivity index (χ1n) is 14.5. The minimum atomic E-state index is -0.181. The Balaban J connectivity index is 1.66. The van der Waals surface area contributed by atoms with Gasteiger partial charge in [0.15, 0.2) is 0 Å². The molecule has 1 aromatic heterocycles. The summed E-state index contributed by atoms with van der Waals surface area (Å²) in [5.41, 5.74) is 7.97. The summed E-state index contributed by atoms with van der Waals surface area (Å²) >= 11 is 0. The number of nitrogens with one attached hydrogen (secondary N) is 2. The maximum atomic E-state index is 13.6. The van der Waals surface area contributed by atoms with Crippen LogP contribution in [0, 0.1) is 20.8 Å². The number of aromatic amines is 1. The van der Waals surface area contributed by atoms with Crippen molar-refractivity contribution in [1.82, 2.24) is 15.2 Å². The van der Waals surface area contributed by atoms with Gasteiger partial charge >= 0.3 is 0 Å². The third-order valence-corrected chi connectivity index (χ3v) is 8.35. The number of carbonyl (C=O) groups excluding carboxylic acids is 1. The number of likely N-dealkylation sites (N-methyl/N-ethyl adjacent to an activating group) is 1. The molecule has 1 aliphatic carbocycles. The Hall–Kier alpha value is -3.42. The number of aliphatic hydroxyl groups excluding tert-OH is 1. The zero-order valence-corrected chi connectivity index (χ0v) is 24.6. The molecule has 214 valence electrons. The van der Waals surface area contributed by atoms with Crippen molar-refractivity contribution in [3.05, 3.63) is 86.3 Å². The van der Waals surface area contributed by atoms with Crippen LogP contribution in [0.5, 0.6) is 0 Å². The number of benzene rings is 2. The molecule has 7 nitrogen and oxygen atoms in total. The second-order valence-corrected chi connectivity index (χ2v) is 11.1. The second kappa shape index (κ2) is 13.3. The van der Waals surface area contributed by atoms with Gasteiger partial charge in [0.1, 0.15) is 0 Å². The van der Waals surface area contributed by atoms with Gasteiger partial charge in [-0.3, -0.25) is 14.5 Å². The predicted molar refractivity (Wildman–Crippen MR) is 163 cm³/mol. The van der Waals surface area contributed by atoms with Gasteiger partial charge < -0.3 is 20.3 Å². The van der Waals surface area contributed by atoms with E-state index >= 15 is 0 Å². The van der Waals surface area contributed by atoms with Gasteiger partial charge in [-0.1, -0.05) is 44.0 Å². The highest BCUT2D eigenvalue weighted by molar-refractivity contribution is 5.99. The van der Waals surface area contributed by atoms with Crippen molar-refractivity contribution in [2.75, 3.05) is 31.6 Å². The van der Waals surface area contributed by atoms with Crippen LogP contribution in [0.1, 0.15) is 70.9 Å². The van der Waals surface area contributed by atoms with Crippen molar-refractivity contribution < 1.29 is 9.90 Å². The average molecular weight is 545 g/mol. The van der Waals surface area contributed by atoms with Crippen LogP contribution in [0.2, 0.25) is 0 Å². The van der Waals surface area contributed by atoms with Crippen molar-refractivity contribution in [3.8, 4) is 11.1 Å². The van der Waals surface area contributed by atoms with E-state index in [1.807, 2.05) is 32.9 Å². The molecule has 0 bridgehead atoms. The van der Waals surface area contributed by atoms with Gasteiger partial charge in [0.2, 0.25) is 0 Å². The van der Waals surface area contributed by atoms with Crippen LogP contribution in [0.25, 0.3) is 11.1 Å². The van der Waals surface area contributed by atoms with Crippen molar-refractivity contribution >= 4 is 11.6 Å². The number of H-pyrrole nitrogens is 1. The standard InChI is InChI=1S/C33H44N4O3/c1-6-37(15-16-38)21-25-11-13-26(14-12-25)27-18-29(24(4)31(19-27)36(5)28-9-7-8-10-28)32(39)34-20-30-22(2)17-23(3)35-33(30)40/h11-14,17-19,28,38H,6-10,15-16,20-21H2,1-5H3,(H,34,39)(H,35,40). The summed E-state index contributed by atoms with van der Waals surface area (Å²) < 4.78 is 0. The van der Waals surface area contributed by atoms with E-state index in [1.165, 1.54) is 18.4 Å². The van der Waals surface area contributed by atoms with Gasteiger partial charge in [0, 0.05) is 55.2 Å². The molecule has 1 heterocycles. The van der Waals surface area contributed by atoms with Gasteiger partial charge in [0.05, 0.1) is 6.61 Å². The lowest BCUT2D eigenvalue weighted by molar-refractivity contribution is 0.0950. The third-order valence-electron chi connectivity index (χ3n) is 8.35. The lowest BCUT2D eigenvalue weighted by Gasteiger charge is -2.29. The first kappa shape index (κ1) is 29.6. The third kappa shape index (κ3) is 6.83. The van der Waals surface area contributed by atoms with Crippen LogP contribution in [0.15, 0.2) is 47.3 Å². The van der Waals surface area contributed by atoms with Crippen molar-refractivity contribution in [2.24, 2.45) is 0 Å². The molecule has 1 fully saturated rings. The molecule has 3 N–H and O–H groups in total. The highest BCUT2D eigenvalue weighted by Gasteiger charge is 2.24. The number of aromatic nitrogens is 1. The fourth-order valence-corrected chi connectivity index (χ4v) is 5.87. The van der Waals surface area contributed by atoms with E-state index in [0.717, 1.165) is 59.6 Å². The zero-order valence-electron chi connectivity index (χ0n) is 24.6. The smallest absolute Gasteiger partial charge is 0.253 e. The van der Waals surface area contributed by atoms with Crippen molar-refractivity contribution in [1.29, 1.82) is 0 Å². The Kier molecular flexibility index (Phi) is 9.82. The van der Waals surface area contributed by atoms with E-state index in [-0.39, 0.29) is 24.6 Å². The van der Waals surface area contributed by atoms with Crippen LogP contribution >= 0.6 is 0 Å². The first-order chi connectivity index (χ1) is 19.2. The fraction of sp³-hybridized carbons (Fsp3) is 0.455. The number of aryl methyl sites for hydroxylation is 2. The summed E-state index contributed by atoms with van der Waals surface area (Å²) in [4.78, 5) is 33.5. The van der Waals surface area contributed by atoms with E-state index in [1.54, 1.807) is 0 Å². The van der Waals surface area contributed by atoms with E-state index < -0.39 is 0 Å². The number of nitrogens with zero attached hydrogens (tertiary/aromatic N) is 2. The average Bonchev–Trinajstić information content (AvgIpc) is 3.47. The minimum Gasteiger partial charge on any atom is -0.395 e. The number of hydrogen-bond donors (Lipinski definition) is 3. The summed E-state index contributed by atoms with van der Waals surface area (Å²) in [5.74, 6) is -0.181. The topological polar surface area (TPSA) is 88.7 Å². The maximum Gasteiger partial charge on any atom is 0.253 e. The quantitative estimate of drug-likeness (QED) is 0.313.